The van der Waals surface area contributed by atoms with Gasteiger partial charge >= 0.3 is 11.9 Å². The number of aliphatic imine (C=N–C) groups is 1. The third-order valence-electron chi connectivity index (χ3n) is 3.69. The summed E-state index contributed by atoms with van der Waals surface area (Å²) in [5.41, 5.74) is -0.837. The summed E-state index contributed by atoms with van der Waals surface area (Å²) >= 11 is 0. The number of methoxy groups -OCH3 is 1. The second-order valence-electron chi connectivity index (χ2n) is 5.33. The predicted molar refractivity (Wildman–Crippen MR) is 84.5 cm³/mol. The van der Waals surface area contributed by atoms with Gasteiger partial charge in [-0.05, 0) is 18.6 Å². The highest BCUT2D eigenvalue weighted by Crippen LogP contribution is 2.33. The molecule has 2 atom stereocenters. The van der Waals surface area contributed by atoms with E-state index in [1.165, 1.54) is 14.0 Å². The van der Waals surface area contributed by atoms with E-state index in [0.29, 0.717) is 5.56 Å². The van der Waals surface area contributed by atoms with Crippen LogP contribution in [0.3, 0.4) is 0 Å². The predicted octanol–water partition coefficient (Wildman–Crippen LogP) is 1.29. The summed E-state index contributed by atoms with van der Waals surface area (Å²) in [6, 6.07) is 9.04. The first-order valence-corrected chi connectivity index (χ1v) is 7.51. The third-order valence-corrected chi connectivity index (χ3v) is 3.69. The summed E-state index contributed by atoms with van der Waals surface area (Å²) in [6.07, 6.45) is 0.406. The lowest BCUT2D eigenvalue weighted by molar-refractivity contribution is -0.157. The van der Waals surface area contributed by atoms with Gasteiger partial charge in [-0.25, -0.2) is 9.79 Å². The molecule has 0 spiro atoms. The number of hydrogen-bond acceptors (Lipinski definition) is 7. The van der Waals surface area contributed by atoms with Crippen molar-refractivity contribution in [2.45, 2.75) is 31.4 Å². The number of ether oxygens (including phenoxy) is 3. The van der Waals surface area contributed by atoms with Crippen LogP contribution >= 0.6 is 0 Å². The van der Waals surface area contributed by atoms with Gasteiger partial charge in [-0.2, -0.15) is 0 Å². The molecule has 1 heterocycles. The molecule has 7 heteroatoms. The largest absolute Gasteiger partial charge is 0.471 e. The molecule has 7 nitrogen and oxygen atoms in total. The second kappa shape index (κ2) is 7.72. The maximum atomic E-state index is 12.4. The van der Waals surface area contributed by atoms with Crippen molar-refractivity contribution >= 4 is 24.1 Å². The SMILES string of the molecule is COC(=O)[C@@]1(COC(C)=O)N=C(c2ccccc2)O[C@H]1CCC=O. The summed E-state index contributed by atoms with van der Waals surface area (Å²) in [5, 5.41) is 0. The zero-order valence-electron chi connectivity index (χ0n) is 13.6. The highest BCUT2D eigenvalue weighted by atomic mass is 16.6. The molecular weight excluding hydrogens is 314 g/mol. The molecule has 0 bridgehead atoms. The van der Waals surface area contributed by atoms with Crippen molar-refractivity contribution in [1.29, 1.82) is 0 Å². The topological polar surface area (TPSA) is 91.3 Å². The number of rotatable bonds is 7. The van der Waals surface area contributed by atoms with Crippen LogP contribution in [0.25, 0.3) is 0 Å². The van der Waals surface area contributed by atoms with Crippen molar-refractivity contribution in [3.05, 3.63) is 35.9 Å². The van der Waals surface area contributed by atoms with Crippen LogP contribution in [0.1, 0.15) is 25.3 Å². The molecule has 0 aliphatic carbocycles. The molecule has 24 heavy (non-hydrogen) atoms. The van der Waals surface area contributed by atoms with E-state index in [2.05, 4.69) is 4.99 Å². The molecule has 0 saturated heterocycles. The van der Waals surface area contributed by atoms with Gasteiger partial charge in [-0.3, -0.25) is 4.79 Å². The summed E-state index contributed by atoms with van der Waals surface area (Å²) in [7, 11) is 1.23. The first-order chi connectivity index (χ1) is 11.5. The lowest BCUT2D eigenvalue weighted by Gasteiger charge is -2.27. The maximum absolute atomic E-state index is 12.4. The number of aldehydes is 1. The molecule has 0 N–H and O–H groups in total. The molecule has 1 aliphatic heterocycles. The van der Waals surface area contributed by atoms with E-state index in [1.54, 1.807) is 12.1 Å². The van der Waals surface area contributed by atoms with Crippen LogP contribution in [0, 0.1) is 0 Å². The normalized spacial score (nSPS) is 22.2. The molecular formula is C17H19NO6. The lowest BCUT2D eigenvalue weighted by atomic mass is 9.91. The zero-order valence-corrected chi connectivity index (χ0v) is 13.6. The number of benzene rings is 1. The molecule has 0 saturated carbocycles. The molecule has 1 aliphatic rings. The number of carbonyl (C=O) groups is 3. The van der Waals surface area contributed by atoms with Crippen molar-refractivity contribution in [3.63, 3.8) is 0 Å². The second-order valence-corrected chi connectivity index (χ2v) is 5.33. The van der Waals surface area contributed by atoms with Crippen LogP contribution in [0.4, 0.5) is 0 Å². The first-order valence-electron chi connectivity index (χ1n) is 7.51. The van der Waals surface area contributed by atoms with Crippen molar-refractivity contribution < 1.29 is 28.6 Å². The van der Waals surface area contributed by atoms with Crippen LogP contribution in [-0.4, -0.2) is 49.5 Å². The fourth-order valence-electron chi connectivity index (χ4n) is 2.49. The average molecular weight is 333 g/mol. The van der Waals surface area contributed by atoms with Crippen LogP contribution in [0.5, 0.6) is 0 Å². The van der Waals surface area contributed by atoms with Gasteiger partial charge in [0.05, 0.1) is 7.11 Å². The van der Waals surface area contributed by atoms with Crippen LogP contribution in [0.2, 0.25) is 0 Å². The molecule has 2 rings (SSSR count). The maximum Gasteiger partial charge on any atom is 0.341 e. The highest BCUT2D eigenvalue weighted by molar-refractivity contribution is 5.99. The first kappa shape index (κ1) is 17.7. The molecule has 0 aromatic heterocycles. The molecule has 0 amide bonds. The van der Waals surface area contributed by atoms with Gasteiger partial charge in [0.15, 0.2) is 0 Å². The molecule has 1 aromatic carbocycles. The molecule has 0 unspecified atom stereocenters. The Morgan fingerprint density at radius 2 is 2.04 bits per heavy atom. The highest BCUT2D eigenvalue weighted by Gasteiger charge is 2.54. The van der Waals surface area contributed by atoms with Crippen LogP contribution in [0.15, 0.2) is 35.3 Å². The standard InChI is InChI=1S/C17H19NO6/c1-12(20)23-11-17(16(21)22-2)14(9-6-10-19)24-15(18-17)13-7-4-3-5-8-13/h3-5,7-8,10,14H,6,9,11H2,1-2H3/t14-,17-/m0/s1. The van der Waals surface area contributed by atoms with E-state index >= 15 is 0 Å². The van der Waals surface area contributed by atoms with Crippen LogP contribution < -0.4 is 0 Å². The van der Waals surface area contributed by atoms with E-state index in [9.17, 15) is 14.4 Å². The summed E-state index contributed by atoms with van der Waals surface area (Å²) in [6.45, 7) is 0.928. The third kappa shape index (κ3) is 3.61. The van der Waals surface area contributed by atoms with Crippen molar-refractivity contribution in [1.82, 2.24) is 0 Å². The zero-order chi connectivity index (χ0) is 17.6. The Morgan fingerprint density at radius 3 is 2.62 bits per heavy atom. The smallest absolute Gasteiger partial charge is 0.341 e. The van der Waals surface area contributed by atoms with Gasteiger partial charge in [0, 0.05) is 18.9 Å². The van der Waals surface area contributed by atoms with Gasteiger partial charge in [0.25, 0.3) is 0 Å². The van der Waals surface area contributed by atoms with Crippen molar-refractivity contribution in [2.75, 3.05) is 13.7 Å². The Balaban J connectivity index is 2.41. The fourth-order valence-corrected chi connectivity index (χ4v) is 2.49. The van der Waals surface area contributed by atoms with E-state index < -0.39 is 23.6 Å². The van der Waals surface area contributed by atoms with E-state index in [4.69, 9.17) is 14.2 Å². The van der Waals surface area contributed by atoms with Crippen LogP contribution in [-0.2, 0) is 28.6 Å². The minimum atomic E-state index is -1.52. The Kier molecular flexibility index (Phi) is 5.68. The quantitative estimate of drug-likeness (QED) is 0.551. The minimum absolute atomic E-state index is 0.182. The lowest BCUT2D eigenvalue weighted by Crippen LogP contribution is -2.50. The number of nitrogens with zero attached hydrogens (tertiary/aromatic N) is 1. The average Bonchev–Trinajstić information content (AvgIpc) is 2.98. The molecule has 0 fully saturated rings. The van der Waals surface area contributed by atoms with Gasteiger partial charge in [-0.15, -0.1) is 0 Å². The molecule has 1 aromatic rings. The summed E-state index contributed by atoms with van der Waals surface area (Å²) in [5.74, 6) is -0.967. The van der Waals surface area contributed by atoms with E-state index in [0.717, 1.165) is 6.29 Å². The van der Waals surface area contributed by atoms with E-state index in [1.807, 2.05) is 18.2 Å². The van der Waals surface area contributed by atoms with Gasteiger partial charge in [-0.1, -0.05) is 18.2 Å². The van der Waals surface area contributed by atoms with Gasteiger partial charge < -0.3 is 19.0 Å². The monoisotopic (exact) mass is 333 g/mol. The Morgan fingerprint density at radius 1 is 1.33 bits per heavy atom. The molecule has 128 valence electrons. The minimum Gasteiger partial charge on any atom is -0.471 e. The van der Waals surface area contributed by atoms with Crippen molar-refractivity contribution in [2.24, 2.45) is 4.99 Å². The summed E-state index contributed by atoms with van der Waals surface area (Å²) in [4.78, 5) is 38.7. The molecule has 0 radical (unpaired) electrons. The Hall–Kier alpha value is -2.70. The van der Waals surface area contributed by atoms with Gasteiger partial charge in [0.1, 0.15) is 19.0 Å². The van der Waals surface area contributed by atoms with E-state index in [-0.39, 0.29) is 25.3 Å². The Labute approximate surface area is 139 Å². The number of esters is 2. The number of hydrogen-bond donors (Lipinski definition) is 0. The fraction of sp³-hybridized carbons (Fsp3) is 0.412. The summed E-state index contributed by atoms with van der Waals surface area (Å²) < 4.78 is 15.7. The van der Waals surface area contributed by atoms with Gasteiger partial charge in [0.2, 0.25) is 11.4 Å². The van der Waals surface area contributed by atoms with Crippen molar-refractivity contribution in [3.8, 4) is 0 Å². The Bertz CT molecular complexity index is 642. The number of carbonyl (C=O) groups excluding carboxylic acids is 3.